The number of halogens is 9. The van der Waals surface area contributed by atoms with Gasteiger partial charge in [-0.3, -0.25) is 14.4 Å². The lowest BCUT2D eigenvalue weighted by Gasteiger charge is -2.13. The molecule has 0 aliphatic heterocycles. The first kappa shape index (κ1) is 30.2. The molecule has 4 rings (SSSR count). The first-order chi connectivity index (χ1) is 18.7. The Balaban J connectivity index is 1.52. The zero-order valence-corrected chi connectivity index (χ0v) is 23.3. The monoisotopic (exact) mass is 655 g/mol. The molecule has 1 aliphatic carbocycles. The number of hydrogen-bond acceptors (Lipinski definition) is 3. The molecule has 0 spiro atoms. The van der Waals surface area contributed by atoms with Gasteiger partial charge in [-0.15, -0.1) is 23.2 Å². The van der Waals surface area contributed by atoms with Gasteiger partial charge in [0.1, 0.15) is 15.8 Å². The van der Waals surface area contributed by atoms with Crippen LogP contribution in [0.25, 0.3) is 0 Å². The minimum atomic E-state index is -3.46. The zero-order valence-electron chi connectivity index (χ0n) is 19.5. The summed E-state index contributed by atoms with van der Waals surface area (Å²) in [5.74, 6) is -7.84. The van der Waals surface area contributed by atoms with Gasteiger partial charge in [0.2, 0.25) is 5.91 Å². The van der Waals surface area contributed by atoms with Crippen LogP contribution in [0.5, 0.6) is 0 Å². The zero-order chi connectivity index (χ0) is 29.5. The van der Waals surface area contributed by atoms with Crippen LogP contribution in [0, 0.1) is 17.6 Å². The van der Waals surface area contributed by atoms with E-state index in [4.69, 9.17) is 58.0 Å². The van der Waals surface area contributed by atoms with Crippen molar-refractivity contribution in [2.24, 2.45) is 5.92 Å². The van der Waals surface area contributed by atoms with E-state index in [0.29, 0.717) is 22.7 Å². The van der Waals surface area contributed by atoms with E-state index in [1.54, 1.807) is 11.4 Å². The molecule has 210 valence electrons. The van der Waals surface area contributed by atoms with E-state index in [1.807, 2.05) is 5.32 Å². The Bertz CT molecular complexity index is 1540. The number of carbonyl (C=O) groups excluding carboxylic acids is 3. The minimum absolute atomic E-state index is 0.0716. The van der Waals surface area contributed by atoms with Crippen molar-refractivity contribution >= 4 is 92.8 Å². The minimum Gasteiger partial charge on any atom is -0.326 e. The summed E-state index contributed by atoms with van der Waals surface area (Å²) in [5.41, 5.74) is -1.48. The van der Waals surface area contributed by atoms with Gasteiger partial charge in [0, 0.05) is 11.6 Å². The van der Waals surface area contributed by atoms with Gasteiger partial charge in [-0.05, 0) is 48.0 Å². The van der Waals surface area contributed by atoms with Crippen molar-refractivity contribution in [3.05, 3.63) is 86.4 Å². The van der Waals surface area contributed by atoms with Crippen LogP contribution in [-0.2, 0) is 9.59 Å². The fourth-order valence-corrected chi connectivity index (χ4v) is 5.24. The molecular weight excluding hydrogens is 644 g/mol. The van der Waals surface area contributed by atoms with Crippen molar-refractivity contribution < 1.29 is 31.9 Å². The van der Waals surface area contributed by atoms with Gasteiger partial charge in [0.05, 0.1) is 32.2 Å². The van der Waals surface area contributed by atoms with Crippen molar-refractivity contribution in [3.63, 3.8) is 0 Å². The maximum Gasteiger partial charge on any atom is 0.315 e. The lowest BCUT2D eigenvalue weighted by atomic mass is 10.1. The summed E-state index contributed by atoms with van der Waals surface area (Å²) in [6, 6.07) is 9.81. The summed E-state index contributed by atoms with van der Waals surface area (Å²) in [4.78, 5) is 37.0. The van der Waals surface area contributed by atoms with Gasteiger partial charge in [-0.1, -0.05) is 40.9 Å². The number of amides is 3. The van der Waals surface area contributed by atoms with Crippen molar-refractivity contribution in [2.75, 3.05) is 16.0 Å². The van der Waals surface area contributed by atoms with Crippen LogP contribution in [-0.4, -0.2) is 28.5 Å². The Morgan fingerprint density at radius 3 is 2.15 bits per heavy atom. The molecule has 0 aromatic heterocycles. The third-order valence-electron chi connectivity index (χ3n) is 5.90. The van der Waals surface area contributed by atoms with Gasteiger partial charge in [-0.25, -0.2) is 8.78 Å². The van der Waals surface area contributed by atoms with Crippen LogP contribution in [0.2, 0.25) is 15.1 Å². The summed E-state index contributed by atoms with van der Waals surface area (Å²) in [5, 5.41) is 6.51. The maximum atomic E-state index is 14.7. The number of anilines is 3. The highest BCUT2D eigenvalue weighted by atomic mass is 35.5. The van der Waals surface area contributed by atoms with Crippen molar-refractivity contribution in [3.8, 4) is 0 Å². The molecule has 0 unspecified atom stereocenters. The lowest BCUT2D eigenvalue weighted by molar-refractivity contribution is -0.126. The largest absolute Gasteiger partial charge is 0.326 e. The molecule has 3 aromatic carbocycles. The third-order valence-corrected chi connectivity index (χ3v) is 7.91. The Morgan fingerprint density at radius 1 is 0.825 bits per heavy atom. The molecule has 6 nitrogen and oxygen atoms in total. The number of nitrogens with one attached hydrogen (secondary N) is 3. The van der Waals surface area contributed by atoms with Crippen LogP contribution in [0.15, 0.2) is 48.5 Å². The fraction of sp³-hybridized carbons (Fsp3) is 0.160. The molecule has 40 heavy (non-hydrogen) atoms. The van der Waals surface area contributed by atoms with E-state index in [2.05, 4.69) is 5.32 Å². The highest BCUT2D eigenvalue weighted by Gasteiger charge is 2.67. The molecule has 0 saturated heterocycles. The highest BCUT2D eigenvalue weighted by molar-refractivity contribution is 6.53. The molecule has 0 radical (unpaired) electrons. The second kappa shape index (κ2) is 11.6. The number of rotatable bonds is 7. The van der Waals surface area contributed by atoms with Crippen molar-refractivity contribution in [2.45, 2.75) is 16.7 Å². The summed E-state index contributed by atoms with van der Waals surface area (Å²) >= 11 is 30.8. The van der Waals surface area contributed by atoms with Crippen LogP contribution in [0.1, 0.15) is 21.8 Å². The Morgan fingerprint density at radius 2 is 1.50 bits per heavy atom. The first-order valence-electron chi connectivity index (χ1n) is 11.0. The van der Waals surface area contributed by atoms with E-state index in [1.165, 1.54) is 24.3 Å². The normalized spacial score (nSPS) is 17.4. The average molecular weight is 658 g/mol. The lowest BCUT2D eigenvalue weighted by Crippen LogP contribution is -2.22. The number of carbonyl (C=O) groups is 3. The molecule has 3 N–H and O–H groups in total. The summed E-state index contributed by atoms with van der Waals surface area (Å²) < 4.78 is 52.6. The number of alkyl halides is 4. The van der Waals surface area contributed by atoms with E-state index >= 15 is 0 Å². The predicted molar refractivity (Wildman–Crippen MR) is 146 cm³/mol. The Hall–Kier alpha value is -2.76. The van der Waals surface area contributed by atoms with Crippen LogP contribution in [0.4, 0.5) is 34.6 Å². The molecule has 1 aliphatic rings. The topological polar surface area (TPSA) is 87.3 Å². The molecular formula is C25H14Cl5F4N3O3. The van der Waals surface area contributed by atoms with Gasteiger partial charge < -0.3 is 16.0 Å². The van der Waals surface area contributed by atoms with Gasteiger partial charge in [0.25, 0.3) is 11.8 Å². The number of hydrogen-bond donors (Lipinski definition) is 3. The van der Waals surface area contributed by atoms with Crippen LogP contribution < -0.4 is 16.0 Å². The van der Waals surface area contributed by atoms with E-state index in [0.717, 1.165) is 6.07 Å². The second-order valence-electron chi connectivity index (χ2n) is 8.52. The standard InChI is InChI=1S/C25H14Cl5F4N3O3/c26-12-4-2-10(35-23(39)18-17(25(18,29)30)9-1-3-13(27)14(28)7-9)8-11(12)22(38)37-20-15(31)5-6-16(19(20)32)36-24(40)21(33)34/h1-8,17-18,21H,(H,35,39)(H,36,40)(H,37,38)/t17-,18+/m0/s1. The van der Waals surface area contributed by atoms with E-state index in [-0.39, 0.29) is 21.3 Å². The molecule has 3 amide bonds. The molecule has 15 heteroatoms. The predicted octanol–water partition coefficient (Wildman–Crippen LogP) is 7.91. The molecule has 3 aromatic rings. The smallest absolute Gasteiger partial charge is 0.315 e. The van der Waals surface area contributed by atoms with Gasteiger partial charge in [0.15, 0.2) is 5.82 Å². The Labute approximate surface area is 248 Å². The summed E-state index contributed by atoms with van der Waals surface area (Å²) in [6.07, 6.45) is -3.46. The van der Waals surface area contributed by atoms with Crippen molar-refractivity contribution in [1.29, 1.82) is 0 Å². The molecule has 0 heterocycles. The van der Waals surface area contributed by atoms with E-state index < -0.39 is 63.3 Å². The van der Waals surface area contributed by atoms with E-state index in [9.17, 15) is 31.9 Å². The summed E-state index contributed by atoms with van der Waals surface area (Å²) in [6.45, 7) is 0. The fourth-order valence-electron chi connectivity index (χ4n) is 3.90. The summed E-state index contributed by atoms with van der Waals surface area (Å²) in [7, 11) is 0. The molecule has 2 atom stereocenters. The third kappa shape index (κ3) is 6.11. The molecule has 1 fully saturated rings. The number of benzene rings is 3. The first-order valence-corrected chi connectivity index (χ1v) is 12.9. The molecule has 1 saturated carbocycles. The SMILES string of the molecule is O=C(Nc1c(F)ccc(NC(=O)C(F)F)c1F)c1cc(NC(=O)[C@H]2[C@H](c3ccc(Cl)c(Cl)c3)C2(Cl)Cl)ccc1Cl. The Kier molecular flexibility index (Phi) is 8.77. The highest BCUT2D eigenvalue weighted by Crippen LogP contribution is 2.65. The maximum absolute atomic E-state index is 14.7. The van der Waals surface area contributed by atoms with Gasteiger partial charge in [-0.2, -0.15) is 8.78 Å². The average Bonchev–Trinajstić information content (AvgIpc) is 3.47. The quantitative estimate of drug-likeness (QED) is 0.178. The van der Waals surface area contributed by atoms with Gasteiger partial charge >= 0.3 is 6.43 Å². The van der Waals surface area contributed by atoms with Crippen LogP contribution >= 0.6 is 58.0 Å². The molecule has 0 bridgehead atoms. The van der Waals surface area contributed by atoms with Crippen molar-refractivity contribution in [1.82, 2.24) is 0 Å². The second-order valence-corrected chi connectivity index (χ2v) is 11.2. The van der Waals surface area contributed by atoms with Crippen LogP contribution in [0.3, 0.4) is 0 Å².